The fourth-order valence-electron chi connectivity index (χ4n) is 3.56. The van der Waals surface area contributed by atoms with E-state index in [1.807, 2.05) is 72.8 Å². The molecule has 0 saturated carbocycles. The van der Waals surface area contributed by atoms with Crippen LogP contribution >= 0.6 is 0 Å². The molecule has 1 aliphatic rings. The first-order valence-electron chi connectivity index (χ1n) is 9.90. The van der Waals surface area contributed by atoms with Crippen molar-refractivity contribution < 1.29 is 4.79 Å². The molecule has 1 aliphatic heterocycles. The van der Waals surface area contributed by atoms with Crippen molar-refractivity contribution in [3.63, 3.8) is 0 Å². The number of anilines is 3. The SMILES string of the molecule is CN1CCN(c2ccc(C(=O)Nc3cc(-c4ccccc4)ccc3N)cc2)CC1. The lowest BCUT2D eigenvalue weighted by Gasteiger charge is -2.34. The summed E-state index contributed by atoms with van der Waals surface area (Å²) in [6.07, 6.45) is 0. The summed E-state index contributed by atoms with van der Waals surface area (Å²) in [5.74, 6) is -0.160. The molecule has 5 heteroatoms. The number of carbonyl (C=O) groups is 1. The van der Waals surface area contributed by atoms with Gasteiger partial charge in [0.2, 0.25) is 0 Å². The van der Waals surface area contributed by atoms with E-state index in [-0.39, 0.29) is 5.91 Å². The summed E-state index contributed by atoms with van der Waals surface area (Å²) in [5.41, 5.74) is 11.1. The van der Waals surface area contributed by atoms with Gasteiger partial charge < -0.3 is 20.9 Å². The van der Waals surface area contributed by atoms with E-state index >= 15 is 0 Å². The minimum absolute atomic E-state index is 0.160. The summed E-state index contributed by atoms with van der Waals surface area (Å²) in [5, 5.41) is 2.96. The van der Waals surface area contributed by atoms with Crippen LogP contribution in [0.4, 0.5) is 17.1 Å². The molecule has 3 aromatic rings. The molecule has 1 amide bonds. The van der Waals surface area contributed by atoms with E-state index < -0.39 is 0 Å². The van der Waals surface area contributed by atoms with Gasteiger partial charge in [0.15, 0.2) is 0 Å². The molecule has 0 aliphatic carbocycles. The number of benzene rings is 3. The fourth-order valence-corrected chi connectivity index (χ4v) is 3.56. The standard InChI is InChI=1S/C24H26N4O/c1-27-13-15-28(16-14-27)21-10-7-19(8-11-21)24(29)26-23-17-20(9-12-22(23)25)18-5-3-2-4-6-18/h2-12,17H,13-16,25H2,1H3,(H,26,29). The van der Waals surface area contributed by atoms with E-state index in [9.17, 15) is 4.79 Å². The number of nitrogens with zero attached hydrogens (tertiary/aromatic N) is 2. The van der Waals surface area contributed by atoms with Gasteiger partial charge in [-0.25, -0.2) is 0 Å². The molecule has 0 atom stereocenters. The minimum atomic E-state index is -0.160. The Morgan fingerprint density at radius 1 is 0.862 bits per heavy atom. The van der Waals surface area contributed by atoms with Gasteiger partial charge in [-0.3, -0.25) is 4.79 Å². The molecule has 0 unspecified atom stereocenters. The van der Waals surface area contributed by atoms with Crippen LogP contribution in [0, 0.1) is 0 Å². The van der Waals surface area contributed by atoms with E-state index in [0.717, 1.165) is 43.0 Å². The number of piperazine rings is 1. The van der Waals surface area contributed by atoms with Gasteiger partial charge in [-0.2, -0.15) is 0 Å². The Balaban J connectivity index is 1.48. The highest BCUT2D eigenvalue weighted by atomic mass is 16.1. The molecule has 3 aromatic carbocycles. The maximum Gasteiger partial charge on any atom is 0.255 e. The Morgan fingerprint density at radius 2 is 1.55 bits per heavy atom. The second-order valence-corrected chi connectivity index (χ2v) is 7.46. The number of rotatable bonds is 4. The Hall–Kier alpha value is -3.31. The molecule has 0 radical (unpaired) electrons. The third-order valence-electron chi connectivity index (χ3n) is 5.41. The Labute approximate surface area is 171 Å². The summed E-state index contributed by atoms with van der Waals surface area (Å²) in [6, 6.07) is 23.5. The van der Waals surface area contributed by atoms with Crippen molar-refractivity contribution in [2.75, 3.05) is 49.2 Å². The number of nitrogens with one attached hydrogen (secondary N) is 1. The summed E-state index contributed by atoms with van der Waals surface area (Å²) in [4.78, 5) is 17.4. The highest BCUT2D eigenvalue weighted by molar-refractivity contribution is 6.06. The third-order valence-corrected chi connectivity index (χ3v) is 5.41. The molecule has 148 valence electrons. The highest BCUT2D eigenvalue weighted by Crippen LogP contribution is 2.28. The second-order valence-electron chi connectivity index (χ2n) is 7.46. The number of nitrogen functional groups attached to an aromatic ring is 1. The van der Waals surface area contributed by atoms with Crippen molar-refractivity contribution >= 4 is 23.0 Å². The van der Waals surface area contributed by atoms with E-state index in [1.165, 1.54) is 0 Å². The van der Waals surface area contributed by atoms with Gasteiger partial charge in [0, 0.05) is 37.4 Å². The number of likely N-dealkylation sites (N-methyl/N-ethyl adjacent to an activating group) is 1. The van der Waals surface area contributed by atoms with Gasteiger partial charge in [0.25, 0.3) is 5.91 Å². The van der Waals surface area contributed by atoms with Crippen molar-refractivity contribution in [2.45, 2.75) is 0 Å². The van der Waals surface area contributed by atoms with E-state index in [1.54, 1.807) is 0 Å². The highest BCUT2D eigenvalue weighted by Gasteiger charge is 2.15. The minimum Gasteiger partial charge on any atom is -0.397 e. The molecule has 5 nitrogen and oxygen atoms in total. The Kier molecular flexibility index (Phi) is 5.49. The predicted octanol–water partition coefficient (Wildman–Crippen LogP) is 3.94. The summed E-state index contributed by atoms with van der Waals surface area (Å²) in [7, 11) is 2.14. The van der Waals surface area contributed by atoms with E-state index in [4.69, 9.17) is 5.73 Å². The van der Waals surface area contributed by atoms with Crippen LogP contribution in [-0.4, -0.2) is 44.0 Å². The molecule has 0 aromatic heterocycles. The smallest absolute Gasteiger partial charge is 0.255 e. The lowest BCUT2D eigenvalue weighted by atomic mass is 10.0. The van der Waals surface area contributed by atoms with Crippen LogP contribution in [0.25, 0.3) is 11.1 Å². The molecule has 0 bridgehead atoms. The molecule has 4 rings (SSSR count). The molecular weight excluding hydrogens is 360 g/mol. The van der Waals surface area contributed by atoms with Crippen LogP contribution in [-0.2, 0) is 0 Å². The van der Waals surface area contributed by atoms with Crippen LogP contribution in [0.1, 0.15) is 10.4 Å². The van der Waals surface area contributed by atoms with Gasteiger partial charge in [-0.1, -0.05) is 36.4 Å². The molecule has 0 spiro atoms. The van der Waals surface area contributed by atoms with Crippen molar-refractivity contribution in [2.24, 2.45) is 0 Å². The van der Waals surface area contributed by atoms with Crippen LogP contribution in [0.15, 0.2) is 72.8 Å². The zero-order valence-corrected chi connectivity index (χ0v) is 16.6. The second kappa shape index (κ2) is 8.37. The molecular formula is C24H26N4O. The average molecular weight is 386 g/mol. The van der Waals surface area contributed by atoms with Gasteiger partial charge in [-0.15, -0.1) is 0 Å². The fraction of sp³-hybridized carbons (Fsp3) is 0.208. The Morgan fingerprint density at radius 3 is 2.24 bits per heavy atom. The largest absolute Gasteiger partial charge is 0.397 e. The first-order chi connectivity index (χ1) is 14.1. The molecule has 1 fully saturated rings. The number of hydrogen-bond donors (Lipinski definition) is 2. The summed E-state index contributed by atoms with van der Waals surface area (Å²) >= 11 is 0. The van der Waals surface area contributed by atoms with Crippen LogP contribution in [0.5, 0.6) is 0 Å². The van der Waals surface area contributed by atoms with Crippen LogP contribution < -0.4 is 16.0 Å². The van der Waals surface area contributed by atoms with E-state index in [2.05, 4.69) is 22.2 Å². The first-order valence-corrected chi connectivity index (χ1v) is 9.90. The zero-order valence-electron chi connectivity index (χ0n) is 16.6. The predicted molar refractivity (Wildman–Crippen MR) is 120 cm³/mol. The maximum atomic E-state index is 12.8. The van der Waals surface area contributed by atoms with Gasteiger partial charge >= 0.3 is 0 Å². The topological polar surface area (TPSA) is 61.6 Å². The van der Waals surface area contributed by atoms with Crippen molar-refractivity contribution in [3.05, 3.63) is 78.4 Å². The summed E-state index contributed by atoms with van der Waals surface area (Å²) < 4.78 is 0. The van der Waals surface area contributed by atoms with E-state index in [0.29, 0.717) is 16.9 Å². The van der Waals surface area contributed by atoms with Crippen molar-refractivity contribution in [1.82, 2.24) is 4.90 Å². The average Bonchev–Trinajstić information content (AvgIpc) is 2.76. The quantitative estimate of drug-likeness (QED) is 0.667. The summed E-state index contributed by atoms with van der Waals surface area (Å²) in [6.45, 7) is 4.12. The van der Waals surface area contributed by atoms with Crippen LogP contribution in [0.2, 0.25) is 0 Å². The van der Waals surface area contributed by atoms with Gasteiger partial charge in [0.05, 0.1) is 11.4 Å². The molecule has 29 heavy (non-hydrogen) atoms. The maximum absolute atomic E-state index is 12.8. The number of amides is 1. The normalized spacial score (nSPS) is 14.6. The van der Waals surface area contributed by atoms with Gasteiger partial charge in [0.1, 0.15) is 0 Å². The van der Waals surface area contributed by atoms with Gasteiger partial charge in [-0.05, 0) is 54.6 Å². The zero-order chi connectivity index (χ0) is 20.2. The lowest BCUT2D eigenvalue weighted by molar-refractivity contribution is 0.102. The lowest BCUT2D eigenvalue weighted by Crippen LogP contribution is -2.44. The van der Waals surface area contributed by atoms with Crippen molar-refractivity contribution in [1.29, 1.82) is 0 Å². The molecule has 1 heterocycles. The Bertz CT molecular complexity index is 978. The monoisotopic (exact) mass is 386 g/mol. The first kappa shape index (κ1) is 19.0. The molecule has 1 saturated heterocycles. The number of carbonyl (C=O) groups excluding carboxylic acids is 1. The number of nitrogens with two attached hydrogens (primary N) is 1. The van der Waals surface area contributed by atoms with Crippen LogP contribution in [0.3, 0.4) is 0 Å². The number of hydrogen-bond acceptors (Lipinski definition) is 4. The molecule has 3 N–H and O–H groups in total. The van der Waals surface area contributed by atoms with Crippen molar-refractivity contribution in [3.8, 4) is 11.1 Å². The third kappa shape index (κ3) is 4.41.